The molecule has 2 N–H and O–H groups in total. The molecule has 2 nitrogen and oxygen atoms in total. The molecule has 102 valence electrons. The highest BCUT2D eigenvalue weighted by Crippen LogP contribution is 2.11. The van der Waals surface area contributed by atoms with Crippen LogP contribution in [0.1, 0.15) is 23.1 Å². The molecule has 0 fully saturated rings. The molecule has 0 bridgehead atoms. The standard InChI is InChI=1S/C17H17FN2/c18-16-7-4-14(5-8-16)11-17(20)9-6-13-2-1-3-15(10-13)12-19/h1-5,7-8,10,17H,6,9,11,20H2. The second-order valence-electron chi connectivity index (χ2n) is 4.94. The Morgan fingerprint density at radius 1 is 1.10 bits per heavy atom. The van der Waals surface area contributed by atoms with Crippen LogP contribution in [0.3, 0.4) is 0 Å². The highest BCUT2D eigenvalue weighted by molar-refractivity contribution is 5.32. The molecule has 0 aliphatic carbocycles. The third kappa shape index (κ3) is 4.18. The van der Waals surface area contributed by atoms with Gasteiger partial charge < -0.3 is 5.73 Å². The monoisotopic (exact) mass is 268 g/mol. The largest absolute Gasteiger partial charge is 0.327 e. The molecule has 0 spiro atoms. The van der Waals surface area contributed by atoms with Gasteiger partial charge in [-0.05, 0) is 54.7 Å². The van der Waals surface area contributed by atoms with Crippen LogP contribution < -0.4 is 5.73 Å². The van der Waals surface area contributed by atoms with Crippen LogP contribution in [0.15, 0.2) is 48.5 Å². The van der Waals surface area contributed by atoms with Gasteiger partial charge in [-0.2, -0.15) is 5.26 Å². The van der Waals surface area contributed by atoms with Crippen molar-refractivity contribution in [2.75, 3.05) is 0 Å². The highest BCUT2D eigenvalue weighted by atomic mass is 19.1. The predicted octanol–water partition coefficient (Wildman–Crippen LogP) is 3.20. The number of nitriles is 1. The molecule has 2 aromatic rings. The minimum atomic E-state index is -0.226. The minimum absolute atomic E-state index is 0.0335. The first-order valence-corrected chi connectivity index (χ1v) is 6.66. The van der Waals surface area contributed by atoms with Crippen molar-refractivity contribution >= 4 is 0 Å². The fourth-order valence-electron chi connectivity index (χ4n) is 2.17. The first-order valence-electron chi connectivity index (χ1n) is 6.66. The van der Waals surface area contributed by atoms with Gasteiger partial charge in [-0.15, -0.1) is 0 Å². The van der Waals surface area contributed by atoms with E-state index in [-0.39, 0.29) is 11.9 Å². The van der Waals surface area contributed by atoms with Gasteiger partial charge in [-0.3, -0.25) is 0 Å². The van der Waals surface area contributed by atoms with Crippen LogP contribution in [0.2, 0.25) is 0 Å². The van der Waals surface area contributed by atoms with Gasteiger partial charge in [0.05, 0.1) is 11.6 Å². The number of rotatable bonds is 5. The van der Waals surface area contributed by atoms with E-state index < -0.39 is 0 Å². The molecule has 2 rings (SSSR count). The Balaban J connectivity index is 1.87. The number of hydrogen-bond donors (Lipinski definition) is 1. The van der Waals surface area contributed by atoms with Crippen LogP contribution in [-0.2, 0) is 12.8 Å². The Bertz CT molecular complexity index is 599. The number of nitrogens with two attached hydrogens (primary N) is 1. The minimum Gasteiger partial charge on any atom is -0.327 e. The molecular formula is C17H17FN2. The van der Waals surface area contributed by atoms with Gasteiger partial charge >= 0.3 is 0 Å². The molecule has 0 aliphatic rings. The molecule has 3 heteroatoms. The highest BCUT2D eigenvalue weighted by Gasteiger charge is 2.05. The van der Waals surface area contributed by atoms with Gasteiger partial charge in [-0.1, -0.05) is 24.3 Å². The van der Waals surface area contributed by atoms with Crippen LogP contribution in [-0.4, -0.2) is 6.04 Å². The number of nitrogens with zero attached hydrogens (tertiary/aromatic N) is 1. The van der Waals surface area contributed by atoms with E-state index >= 15 is 0 Å². The zero-order valence-electron chi connectivity index (χ0n) is 11.2. The van der Waals surface area contributed by atoms with Gasteiger partial charge in [0.1, 0.15) is 5.82 Å². The maximum Gasteiger partial charge on any atom is 0.123 e. The third-order valence-electron chi connectivity index (χ3n) is 3.27. The summed E-state index contributed by atoms with van der Waals surface area (Å²) in [6.45, 7) is 0. The number of aryl methyl sites for hydroxylation is 1. The molecule has 0 aromatic heterocycles. The van der Waals surface area contributed by atoms with Crippen molar-refractivity contribution in [3.63, 3.8) is 0 Å². The first kappa shape index (κ1) is 14.2. The summed E-state index contributed by atoms with van der Waals surface area (Å²) in [5, 5.41) is 8.85. The molecule has 2 aromatic carbocycles. The van der Waals surface area contributed by atoms with Gasteiger partial charge in [-0.25, -0.2) is 4.39 Å². The molecule has 1 unspecified atom stereocenters. The second kappa shape index (κ2) is 6.83. The summed E-state index contributed by atoms with van der Waals surface area (Å²) in [5.41, 5.74) is 8.95. The average Bonchev–Trinajstić information content (AvgIpc) is 2.48. The fourth-order valence-corrected chi connectivity index (χ4v) is 2.17. The Morgan fingerprint density at radius 2 is 1.85 bits per heavy atom. The predicted molar refractivity (Wildman–Crippen MR) is 77.6 cm³/mol. The molecular weight excluding hydrogens is 251 g/mol. The SMILES string of the molecule is N#Cc1cccc(CCC(N)Cc2ccc(F)cc2)c1. The first-order chi connectivity index (χ1) is 9.67. The number of halogens is 1. The lowest BCUT2D eigenvalue weighted by Gasteiger charge is -2.11. The smallest absolute Gasteiger partial charge is 0.123 e. The lowest BCUT2D eigenvalue weighted by Crippen LogP contribution is -2.23. The Hall–Kier alpha value is -2.18. The van der Waals surface area contributed by atoms with E-state index in [9.17, 15) is 4.39 Å². The number of benzene rings is 2. The van der Waals surface area contributed by atoms with E-state index in [1.807, 2.05) is 18.2 Å². The lowest BCUT2D eigenvalue weighted by molar-refractivity contribution is 0.605. The quantitative estimate of drug-likeness (QED) is 0.905. The summed E-state index contributed by atoms with van der Waals surface area (Å²) in [6.07, 6.45) is 2.42. The Morgan fingerprint density at radius 3 is 2.55 bits per heavy atom. The zero-order chi connectivity index (χ0) is 14.4. The van der Waals surface area contributed by atoms with Crippen molar-refractivity contribution in [2.45, 2.75) is 25.3 Å². The Labute approximate surface area is 118 Å². The van der Waals surface area contributed by atoms with E-state index in [4.69, 9.17) is 11.0 Å². The zero-order valence-corrected chi connectivity index (χ0v) is 11.2. The summed E-state index contributed by atoms with van der Waals surface area (Å²) in [4.78, 5) is 0. The summed E-state index contributed by atoms with van der Waals surface area (Å²) in [6, 6.07) is 16.2. The van der Waals surface area contributed by atoms with E-state index in [1.54, 1.807) is 18.2 Å². The second-order valence-corrected chi connectivity index (χ2v) is 4.94. The van der Waals surface area contributed by atoms with Crippen LogP contribution >= 0.6 is 0 Å². The molecule has 0 heterocycles. The maximum atomic E-state index is 12.8. The van der Waals surface area contributed by atoms with Crippen molar-refractivity contribution in [1.82, 2.24) is 0 Å². The Kier molecular flexibility index (Phi) is 4.86. The molecule has 0 saturated heterocycles. The molecule has 0 radical (unpaired) electrons. The van der Waals surface area contributed by atoms with Gasteiger partial charge in [0, 0.05) is 6.04 Å². The van der Waals surface area contributed by atoms with Gasteiger partial charge in [0.25, 0.3) is 0 Å². The van der Waals surface area contributed by atoms with Crippen molar-refractivity contribution < 1.29 is 4.39 Å². The lowest BCUT2D eigenvalue weighted by atomic mass is 9.99. The summed E-state index contributed by atoms with van der Waals surface area (Å²) >= 11 is 0. The molecule has 1 atom stereocenters. The fraction of sp³-hybridized carbons (Fsp3) is 0.235. The molecule has 0 amide bonds. The van der Waals surface area contributed by atoms with E-state index in [0.717, 1.165) is 30.4 Å². The van der Waals surface area contributed by atoms with Crippen LogP contribution in [0.25, 0.3) is 0 Å². The van der Waals surface area contributed by atoms with Crippen LogP contribution in [0.5, 0.6) is 0 Å². The maximum absolute atomic E-state index is 12.8. The molecule has 20 heavy (non-hydrogen) atoms. The summed E-state index contributed by atoms with van der Waals surface area (Å²) < 4.78 is 12.8. The average molecular weight is 268 g/mol. The van der Waals surface area contributed by atoms with Gasteiger partial charge in [0.2, 0.25) is 0 Å². The van der Waals surface area contributed by atoms with Crippen molar-refractivity contribution in [3.8, 4) is 6.07 Å². The third-order valence-corrected chi connectivity index (χ3v) is 3.27. The van der Waals surface area contributed by atoms with Crippen molar-refractivity contribution in [1.29, 1.82) is 5.26 Å². The summed E-state index contributed by atoms with van der Waals surface area (Å²) in [5.74, 6) is -0.226. The van der Waals surface area contributed by atoms with Gasteiger partial charge in [0.15, 0.2) is 0 Å². The number of hydrogen-bond acceptors (Lipinski definition) is 2. The van der Waals surface area contributed by atoms with Crippen molar-refractivity contribution in [3.05, 3.63) is 71.0 Å². The van der Waals surface area contributed by atoms with Crippen LogP contribution in [0.4, 0.5) is 4.39 Å². The van der Waals surface area contributed by atoms with E-state index in [0.29, 0.717) is 5.56 Å². The van der Waals surface area contributed by atoms with E-state index in [2.05, 4.69) is 6.07 Å². The normalized spacial score (nSPS) is 11.8. The molecule has 0 saturated carbocycles. The topological polar surface area (TPSA) is 49.8 Å². The van der Waals surface area contributed by atoms with Crippen molar-refractivity contribution in [2.24, 2.45) is 5.73 Å². The van der Waals surface area contributed by atoms with E-state index in [1.165, 1.54) is 12.1 Å². The summed E-state index contributed by atoms with van der Waals surface area (Å²) in [7, 11) is 0. The van der Waals surface area contributed by atoms with Crippen LogP contribution in [0, 0.1) is 17.1 Å². The molecule has 0 aliphatic heterocycles.